The Morgan fingerprint density at radius 2 is 1.68 bits per heavy atom. The monoisotopic (exact) mass is 367 g/mol. The van der Waals surface area contributed by atoms with E-state index in [-0.39, 0.29) is 5.91 Å². The van der Waals surface area contributed by atoms with Crippen molar-refractivity contribution in [3.63, 3.8) is 0 Å². The molecule has 1 amide bonds. The minimum atomic E-state index is -0.194. The van der Waals surface area contributed by atoms with Crippen LogP contribution >= 0.6 is 0 Å². The molecule has 4 rings (SSSR count). The molecular formula is C24H21N3O. The van der Waals surface area contributed by atoms with Crippen LogP contribution in [0.1, 0.15) is 27.0 Å². The minimum absolute atomic E-state index is 0.194. The van der Waals surface area contributed by atoms with Crippen LogP contribution in [0.3, 0.4) is 0 Å². The third-order valence-corrected chi connectivity index (χ3v) is 4.77. The number of carbonyl (C=O) groups excluding carboxylic acids is 1. The average molecular weight is 367 g/mol. The fourth-order valence-electron chi connectivity index (χ4n) is 3.33. The Balaban J connectivity index is 1.82. The van der Waals surface area contributed by atoms with Crippen LogP contribution in [0.25, 0.3) is 22.2 Å². The number of carbonyl (C=O) groups is 1. The number of para-hydroxylation sites is 1. The third kappa shape index (κ3) is 3.49. The van der Waals surface area contributed by atoms with Crippen LogP contribution in [0.5, 0.6) is 0 Å². The van der Waals surface area contributed by atoms with Crippen LogP contribution < -0.4 is 5.32 Å². The molecule has 4 aromatic rings. The van der Waals surface area contributed by atoms with Crippen LogP contribution in [0, 0.1) is 20.8 Å². The zero-order valence-corrected chi connectivity index (χ0v) is 16.2. The number of hydrogen-bond acceptors (Lipinski definition) is 3. The molecule has 138 valence electrons. The maximum Gasteiger partial charge on any atom is 0.257 e. The van der Waals surface area contributed by atoms with Gasteiger partial charge in [-0.25, -0.2) is 9.97 Å². The Hall–Kier alpha value is -3.53. The fourth-order valence-corrected chi connectivity index (χ4v) is 3.33. The molecule has 0 unspecified atom stereocenters. The molecule has 0 aliphatic rings. The maximum absolute atomic E-state index is 13.1. The van der Waals surface area contributed by atoms with Crippen LogP contribution in [0.4, 0.5) is 5.82 Å². The van der Waals surface area contributed by atoms with Gasteiger partial charge in [-0.2, -0.15) is 0 Å². The van der Waals surface area contributed by atoms with Crippen molar-refractivity contribution in [1.29, 1.82) is 0 Å². The highest BCUT2D eigenvalue weighted by Crippen LogP contribution is 2.28. The summed E-state index contributed by atoms with van der Waals surface area (Å²) in [7, 11) is 0. The molecule has 4 heteroatoms. The molecule has 0 atom stereocenters. The molecule has 2 aromatic heterocycles. The first kappa shape index (κ1) is 17.9. The molecule has 2 aromatic carbocycles. The average Bonchev–Trinajstić information content (AvgIpc) is 2.69. The van der Waals surface area contributed by atoms with Crippen molar-refractivity contribution in [1.82, 2.24) is 9.97 Å². The van der Waals surface area contributed by atoms with Gasteiger partial charge in [-0.3, -0.25) is 4.79 Å². The first-order valence-electron chi connectivity index (χ1n) is 9.23. The third-order valence-electron chi connectivity index (χ3n) is 4.77. The van der Waals surface area contributed by atoms with Gasteiger partial charge in [0, 0.05) is 17.1 Å². The lowest BCUT2D eigenvalue weighted by molar-refractivity contribution is 0.102. The zero-order valence-electron chi connectivity index (χ0n) is 16.2. The molecule has 0 aliphatic heterocycles. The van der Waals surface area contributed by atoms with E-state index in [1.165, 1.54) is 5.56 Å². The van der Waals surface area contributed by atoms with Gasteiger partial charge in [0.1, 0.15) is 5.82 Å². The Labute approximate surface area is 164 Å². The van der Waals surface area contributed by atoms with Crippen molar-refractivity contribution in [2.24, 2.45) is 0 Å². The molecule has 0 spiro atoms. The molecule has 0 bridgehead atoms. The highest BCUT2D eigenvalue weighted by molar-refractivity contribution is 6.12. The van der Waals surface area contributed by atoms with Crippen molar-refractivity contribution in [3.05, 3.63) is 89.1 Å². The number of anilines is 1. The molecule has 0 aliphatic carbocycles. The summed E-state index contributed by atoms with van der Waals surface area (Å²) in [5.74, 6) is 0.338. The number of benzene rings is 2. The number of aromatic nitrogens is 2. The first-order valence-corrected chi connectivity index (χ1v) is 9.23. The summed E-state index contributed by atoms with van der Waals surface area (Å²) >= 11 is 0. The number of pyridine rings is 2. The Bertz CT molecular complexity index is 1180. The normalized spacial score (nSPS) is 10.8. The predicted molar refractivity (Wildman–Crippen MR) is 114 cm³/mol. The second-order valence-electron chi connectivity index (χ2n) is 7.07. The van der Waals surface area contributed by atoms with Gasteiger partial charge in [-0.05, 0) is 50.1 Å². The van der Waals surface area contributed by atoms with Crippen molar-refractivity contribution < 1.29 is 4.79 Å². The largest absolute Gasteiger partial charge is 0.307 e. The summed E-state index contributed by atoms with van der Waals surface area (Å²) in [6.45, 7) is 6.10. The van der Waals surface area contributed by atoms with Gasteiger partial charge in [0.15, 0.2) is 0 Å². The highest BCUT2D eigenvalue weighted by atomic mass is 16.1. The van der Waals surface area contributed by atoms with Gasteiger partial charge >= 0.3 is 0 Å². The smallest absolute Gasteiger partial charge is 0.257 e. The number of aryl methyl sites for hydroxylation is 3. The van der Waals surface area contributed by atoms with Crippen LogP contribution in [-0.4, -0.2) is 15.9 Å². The number of hydrogen-bond donors (Lipinski definition) is 1. The van der Waals surface area contributed by atoms with Gasteiger partial charge in [0.2, 0.25) is 0 Å². The lowest BCUT2D eigenvalue weighted by Crippen LogP contribution is -2.14. The molecular weight excluding hydrogens is 346 g/mol. The van der Waals surface area contributed by atoms with Crippen LogP contribution in [0.15, 0.2) is 66.9 Å². The van der Waals surface area contributed by atoms with E-state index < -0.39 is 0 Å². The second-order valence-corrected chi connectivity index (χ2v) is 7.07. The number of nitrogens with one attached hydrogen (secondary N) is 1. The predicted octanol–water partition coefficient (Wildman–Crippen LogP) is 5.47. The van der Waals surface area contributed by atoms with E-state index in [1.807, 2.05) is 49.4 Å². The summed E-state index contributed by atoms with van der Waals surface area (Å²) in [5.41, 5.74) is 6.58. The topological polar surface area (TPSA) is 54.9 Å². The van der Waals surface area contributed by atoms with Crippen molar-refractivity contribution >= 4 is 22.6 Å². The molecule has 0 radical (unpaired) electrons. The number of rotatable bonds is 3. The van der Waals surface area contributed by atoms with Gasteiger partial charge in [-0.15, -0.1) is 0 Å². The maximum atomic E-state index is 13.1. The van der Waals surface area contributed by atoms with E-state index in [2.05, 4.69) is 42.3 Å². The quantitative estimate of drug-likeness (QED) is 0.522. The van der Waals surface area contributed by atoms with Gasteiger partial charge in [-0.1, -0.05) is 48.0 Å². The number of amides is 1. The van der Waals surface area contributed by atoms with E-state index in [1.54, 1.807) is 6.20 Å². The van der Waals surface area contributed by atoms with E-state index in [0.717, 1.165) is 33.3 Å². The van der Waals surface area contributed by atoms with E-state index >= 15 is 0 Å². The summed E-state index contributed by atoms with van der Waals surface area (Å²) in [5, 5.41) is 3.72. The molecule has 0 saturated heterocycles. The zero-order chi connectivity index (χ0) is 19.7. The van der Waals surface area contributed by atoms with E-state index in [9.17, 15) is 4.79 Å². The lowest BCUT2D eigenvalue weighted by Gasteiger charge is -2.12. The van der Waals surface area contributed by atoms with E-state index in [4.69, 9.17) is 4.98 Å². The molecule has 1 N–H and O–H groups in total. The molecule has 0 fully saturated rings. The van der Waals surface area contributed by atoms with Gasteiger partial charge < -0.3 is 5.32 Å². The minimum Gasteiger partial charge on any atom is -0.307 e. The number of nitrogens with zero attached hydrogens (tertiary/aromatic N) is 2. The standard InChI is InChI=1S/C24H21N3O/c1-15-8-10-18(17(3)12-15)22-13-20(19-6-4-5-7-21(19)26-22)24(28)27-23-11-9-16(2)14-25-23/h4-14H,1-3H3,(H,25,27,28). The fraction of sp³-hybridized carbons (Fsp3) is 0.125. The summed E-state index contributed by atoms with van der Waals surface area (Å²) < 4.78 is 0. The summed E-state index contributed by atoms with van der Waals surface area (Å²) in [6, 6.07) is 19.6. The van der Waals surface area contributed by atoms with E-state index in [0.29, 0.717) is 11.4 Å². The second kappa shape index (κ2) is 7.24. The molecule has 0 saturated carbocycles. The summed E-state index contributed by atoms with van der Waals surface area (Å²) in [6.07, 6.45) is 1.74. The van der Waals surface area contributed by atoms with Crippen LogP contribution in [0.2, 0.25) is 0 Å². The molecule has 4 nitrogen and oxygen atoms in total. The Kier molecular flexibility index (Phi) is 4.62. The van der Waals surface area contributed by atoms with Crippen molar-refractivity contribution in [3.8, 4) is 11.3 Å². The summed E-state index contributed by atoms with van der Waals surface area (Å²) in [4.78, 5) is 22.1. The number of fused-ring (bicyclic) bond motifs is 1. The molecule has 2 heterocycles. The first-order chi connectivity index (χ1) is 13.5. The Morgan fingerprint density at radius 1 is 0.893 bits per heavy atom. The molecule has 28 heavy (non-hydrogen) atoms. The lowest BCUT2D eigenvalue weighted by atomic mass is 9.99. The van der Waals surface area contributed by atoms with Gasteiger partial charge in [0.25, 0.3) is 5.91 Å². The van der Waals surface area contributed by atoms with Crippen LogP contribution in [-0.2, 0) is 0 Å². The van der Waals surface area contributed by atoms with Crippen molar-refractivity contribution in [2.75, 3.05) is 5.32 Å². The SMILES string of the molecule is Cc1ccc(NC(=O)c2cc(-c3ccc(C)cc3C)nc3ccccc23)nc1. The highest BCUT2D eigenvalue weighted by Gasteiger charge is 2.15. The van der Waals surface area contributed by atoms with Crippen molar-refractivity contribution in [2.45, 2.75) is 20.8 Å². The van der Waals surface area contributed by atoms with Gasteiger partial charge in [0.05, 0.1) is 16.8 Å². The Morgan fingerprint density at radius 3 is 2.43 bits per heavy atom.